The van der Waals surface area contributed by atoms with E-state index in [9.17, 15) is 19.3 Å². The van der Waals surface area contributed by atoms with Crippen molar-refractivity contribution in [3.63, 3.8) is 0 Å². The Kier molecular flexibility index (Phi) is 5.39. The summed E-state index contributed by atoms with van der Waals surface area (Å²) in [5.41, 5.74) is 3.41. The lowest BCUT2D eigenvalue weighted by Crippen LogP contribution is -2.09. The molecule has 0 spiro atoms. The zero-order chi connectivity index (χ0) is 21.3. The number of hydrogen-bond acceptors (Lipinski definition) is 6. The lowest BCUT2D eigenvalue weighted by molar-refractivity contribution is -0.380. The van der Waals surface area contributed by atoms with E-state index < -0.39 is 10.8 Å². The van der Waals surface area contributed by atoms with E-state index >= 15 is 0 Å². The van der Waals surface area contributed by atoms with Gasteiger partial charge in [0.1, 0.15) is 5.82 Å². The molecule has 2 aromatic carbocycles. The fourth-order valence-corrected chi connectivity index (χ4v) is 4.49. The van der Waals surface area contributed by atoms with Crippen LogP contribution in [0.5, 0.6) is 0 Å². The van der Waals surface area contributed by atoms with Crippen molar-refractivity contribution in [2.75, 3.05) is 5.32 Å². The fourth-order valence-electron chi connectivity index (χ4n) is 2.78. The largest absolute Gasteiger partial charge is 0.324 e. The van der Waals surface area contributed by atoms with Crippen molar-refractivity contribution in [3.05, 3.63) is 87.0 Å². The number of halogens is 1. The highest BCUT2D eigenvalue weighted by atomic mass is 32.1. The van der Waals surface area contributed by atoms with Gasteiger partial charge < -0.3 is 0 Å². The standard InChI is InChI=1S/C21H14FN3O3S2/c1-12-2-4-13(5-3-12)18-19(14-6-8-15(22)9-7-14)30-21(23-18)24-20(26)16-10-11-17(29-16)25(27)28/h2-11H,1H3,(H,23,24,26). The average molecular weight is 439 g/mol. The number of rotatable bonds is 5. The molecule has 4 aromatic rings. The van der Waals surface area contributed by atoms with E-state index in [1.54, 1.807) is 12.1 Å². The summed E-state index contributed by atoms with van der Waals surface area (Å²) in [5, 5.41) is 13.8. The Balaban J connectivity index is 1.70. The number of carbonyl (C=O) groups is 1. The maximum Gasteiger partial charge on any atom is 0.324 e. The Bertz CT molecular complexity index is 1170. The summed E-state index contributed by atoms with van der Waals surface area (Å²) < 4.78 is 13.4. The molecule has 0 unspecified atom stereocenters. The van der Waals surface area contributed by atoms with Gasteiger partial charge in [0.05, 0.1) is 20.4 Å². The van der Waals surface area contributed by atoms with Crippen LogP contribution in [0.15, 0.2) is 60.7 Å². The van der Waals surface area contributed by atoms with Crippen molar-refractivity contribution in [2.24, 2.45) is 0 Å². The number of anilines is 1. The van der Waals surface area contributed by atoms with E-state index in [4.69, 9.17) is 0 Å². The third kappa shape index (κ3) is 4.12. The zero-order valence-electron chi connectivity index (χ0n) is 15.6. The molecule has 1 N–H and O–H groups in total. The number of aromatic nitrogens is 1. The molecule has 150 valence electrons. The third-order valence-electron chi connectivity index (χ3n) is 4.27. The van der Waals surface area contributed by atoms with Gasteiger partial charge in [0.25, 0.3) is 5.91 Å². The van der Waals surface area contributed by atoms with Crippen LogP contribution in [-0.4, -0.2) is 15.8 Å². The predicted molar refractivity (Wildman–Crippen MR) is 117 cm³/mol. The Morgan fingerprint density at radius 2 is 1.67 bits per heavy atom. The monoisotopic (exact) mass is 439 g/mol. The molecule has 0 bridgehead atoms. The Hall–Kier alpha value is -3.43. The number of thiazole rings is 1. The summed E-state index contributed by atoms with van der Waals surface area (Å²) in [7, 11) is 0. The summed E-state index contributed by atoms with van der Waals surface area (Å²) in [6.07, 6.45) is 0. The summed E-state index contributed by atoms with van der Waals surface area (Å²) in [6.45, 7) is 1.98. The zero-order valence-corrected chi connectivity index (χ0v) is 17.2. The summed E-state index contributed by atoms with van der Waals surface area (Å²) in [4.78, 5) is 28.4. The van der Waals surface area contributed by atoms with Crippen LogP contribution in [0.2, 0.25) is 0 Å². The Morgan fingerprint density at radius 1 is 1.00 bits per heavy atom. The van der Waals surface area contributed by atoms with Gasteiger partial charge in [-0.3, -0.25) is 20.2 Å². The molecule has 0 aliphatic heterocycles. The smallest absolute Gasteiger partial charge is 0.297 e. The normalized spacial score (nSPS) is 10.7. The molecule has 6 nitrogen and oxygen atoms in total. The first-order chi connectivity index (χ1) is 14.4. The SMILES string of the molecule is Cc1ccc(-c2nc(NC(=O)c3ccc([N+](=O)[O-])s3)sc2-c2ccc(F)cc2)cc1. The van der Waals surface area contributed by atoms with E-state index in [2.05, 4.69) is 10.3 Å². The molecular formula is C21H14FN3O3S2. The Labute approximate surface area is 178 Å². The molecule has 0 saturated heterocycles. The second-order valence-corrected chi connectivity index (χ2v) is 8.48. The van der Waals surface area contributed by atoms with Crippen LogP contribution in [0.1, 0.15) is 15.2 Å². The topological polar surface area (TPSA) is 85.1 Å². The van der Waals surface area contributed by atoms with Crippen molar-refractivity contribution in [1.29, 1.82) is 0 Å². The van der Waals surface area contributed by atoms with Crippen LogP contribution in [0.25, 0.3) is 21.7 Å². The molecule has 4 rings (SSSR count). The molecule has 30 heavy (non-hydrogen) atoms. The van der Waals surface area contributed by atoms with Crippen LogP contribution >= 0.6 is 22.7 Å². The highest BCUT2D eigenvalue weighted by Gasteiger charge is 2.19. The minimum atomic E-state index is -0.535. The van der Waals surface area contributed by atoms with Crippen LogP contribution < -0.4 is 5.32 Å². The lowest BCUT2D eigenvalue weighted by atomic mass is 10.1. The van der Waals surface area contributed by atoms with Crippen molar-refractivity contribution < 1.29 is 14.1 Å². The van der Waals surface area contributed by atoms with Gasteiger partial charge in [-0.1, -0.05) is 64.6 Å². The van der Waals surface area contributed by atoms with Crippen molar-refractivity contribution in [1.82, 2.24) is 4.98 Å². The van der Waals surface area contributed by atoms with Crippen molar-refractivity contribution >= 4 is 38.7 Å². The van der Waals surface area contributed by atoms with Gasteiger partial charge in [0, 0.05) is 11.6 Å². The highest BCUT2D eigenvalue weighted by Crippen LogP contribution is 2.39. The number of thiophene rings is 1. The summed E-state index contributed by atoms with van der Waals surface area (Å²) >= 11 is 2.06. The molecular weight excluding hydrogens is 425 g/mol. The van der Waals surface area contributed by atoms with E-state index in [-0.39, 0.29) is 15.7 Å². The summed E-state index contributed by atoms with van der Waals surface area (Å²) in [5.74, 6) is -0.809. The van der Waals surface area contributed by atoms with Gasteiger partial charge in [0.2, 0.25) is 0 Å². The second-order valence-electron chi connectivity index (χ2n) is 6.42. The number of nitro groups is 1. The number of benzene rings is 2. The van der Waals surface area contributed by atoms with Gasteiger partial charge in [-0.25, -0.2) is 9.37 Å². The Morgan fingerprint density at radius 3 is 2.30 bits per heavy atom. The minimum Gasteiger partial charge on any atom is -0.297 e. The molecule has 0 aliphatic carbocycles. The molecule has 2 aromatic heterocycles. The number of hydrogen-bond donors (Lipinski definition) is 1. The maximum atomic E-state index is 13.4. The molecule has 9 heteroatoms. The first kappa shape index (κ1) is 19.9. The molecule has 0 atom stereocenters. The number of aryl methyl sites for hydroxylation is 1. The van der Waals surface area contributed by atoms with E-state index in [0.29, 0.717) is 10.8 Å². The molecule has 0 aliphatic rings. The molecule has 2 heterocycles. The van der Waals surface area contributed by atoms with Crippen LogP contribution in [0, 0.1) is 22.9 Å². The van der Waals surface area contributed by atoms with E-state index in [0.717, 1.165) is 32.9 Å². The van der Waals surface area contributed by atoms with Crippen molar-refractivity contribution in [3.8, 4) is 21.7 Å². The molecule has 0 saturated carbocycles. The second kappa shape index (κ2) is 8.13. The average Bonchev–Trinajstić information content (AvgIpc) is 3.37. The van der Waals surface area contributed by atoms with Gasteiger partial charge in [0.15, 0.2) is 5.13 Å². The number of nitrogens with one attached hydrogen (secondary N) is 1. The third-order valence-corrected chi connectivity index (χ3v) is 6.33. The quantitative estimate of drug-likeness (QED) is 0.299. The van der Waals surface area contributed by atoms with Gasteiger partial charge >= 0.3 is 5.00 Å². The molecule has 0 radical (unpaired) electrons. The van der Waals surface area contributed by atoms with E-state index in [1.807, 2.05) is 31.2 Å². The van der Waals surface area contributed by atoms with Crippen LogP contribution in [-0.2, 0) is 0 Å². The van der Waals surface area contributed by atoms with Crippen LogP contribution in [0.4, 0.5) is 14.5 Å². The van der Waals surface area contributed by atoms with Gasteiger partial charge in [-0.05, 0) is 30.7 Å². The molecule has 0 fully saturated rings. The first-order valence-corrected chi connectivity index (χ1v) is 10.4. The number of carbonyl (C=O) groups excluding carboxylic acids is 1. The molecule has 1 amide bonds. The highest BCUT2D eigenvalue weighted by molar-refractivity contribution is 7.20. The minimum absolute atomic E-state index is 0.105. The van der Waals surface area contributed by atoms with Gasteiger partial charge in [-0.2, -0.15) is 0 Å². The lowest BCUT2D eigenvalue weighted by Gasteiger charge is -2.03. The van der Waals surface area contributed by atoms with Crippen LogP contribution in [0.3, 0.4) is 0 Å². The maximum absolute atomic E-state index is 13.4. The summed E-state index contributed by atoms with van der Waals surface area (Å²) in [6, 6.07) is 16.6. The fraction of sp³-hybridized carbons (Fsp3) is 0.0476. The number of amides is 1. The first-order valence-electron chi connectivity index (χ1n) is 8.80. The predicted octanol–water partition coefficient (Wildman–Crippen LogP) is 6.15. The van der Waals surface area contributed by atoms with E-state index in [1.165, 1.54) is 35.6 Å². The van der Waals surface area contributed by atoms with Crippen molar-refractivity contribution in [2.45, 2.75) is 6.92 Å². The van der Waals surface area contributed by atoms with Gasteiger partial charge in [-0.15, -0.1) is 0 Å². The number of nitrogens with zero attached hydrogens (tertiary/aromatic N) is 2.